The van der Waals surface area contributed by atoms with Crippen molar-refractivity contribution >= 4 is 23.1 Å². The molecule has 1 amide bonds. The molecular formula is C21H23F3N4O3. The Labute approximate surface area is 177 Å². The van der Waals surface area contributed by atoms with E-state index in [0.717, 1.165) is 12.5 Å². The number of ether oxygens (including phenoxy) is 2. The molecule has 4 rings (SSSR count). The molecule has 166 valence electrons. The first-order chi connectivity index (χ1) is 14.8. The van der Waals surface area contributed by atoms with Gasteiger partial charge in [0.25, 0.3) is 0 Å². The number of carbonyl (C=O) groups excluding carboxylic acids is 1. The minimum atomic E-state index is -4.60. The quantitative estimate of drug-likeness (QED) is 0.789. The number of likely N-dealkylation sites (tertiary alicyclic amines) is 1. The molecule has 2 aliphatic heterocycles. The first-order valence-corrected chi connectivity index (χ1v) is 10.1. The highest BCUT2D eigenvalue weighted by Crippen LogP contribution is 2.41. The molecule has 0 saturated carbocycles. The predicted octanol–water partition coefficient (Wildman–Crippen LogP) is 3.60. The van der Waals surface area contributed by atoms with Gasteiger partial charge in [-0.25, -0.2) is 4.98 Å². The van der Waals surface area contributed by atoms with Gasteiger partial charge >= 0.3 is 6.18 Å². The predicted molar refractivity (Wildman–Crippen MR) is 108 cm³/mol. The van der Waals surface area contributed by atoms with E-state index < -0.39 is 17.6 Å². The van der Waals surface area contributed by atoms with Crippen molar-refractivity contribution in [2.75, 3.05) is 36.9 Å². The highest BCUT2D eigenvalue weighted by molar-refractivity contribution is 5.76. The number of benzene rings is 1. The molecule has 1 atom stereocenters. The van der Waals surface area contributed by atoms with Crippen LogP contribution < -0.4 is 20.1 Å². The largest absolute Gasteiger partial charge is 0.490 e. The average molecular weight is 436 g/mol. The van der Waals surface area contributed by atoms with Crippen molar-refractivity contribution in [3.63, 3.8) is 0 Å². The third-order valence-corrected chi connectivity index (χ3v) is 5.42. The number of hydrogen-bond acceptors (Lipinski definition) is 6. The molecule has 0 radical (unpaired) electrons. The monoisotopic (exact) mass is 436 g/mol. The Balaban J connectivity index is 1.58. The summed E-state index contributed by atoms with van der Waals surface area (Å²) in [5, 5.41) is 0. The van der Waals surface area contributed by atoms with Crippen LogP contribution in [0.4, 0.5) is 30.4 Å². The maximum Gasteiger partial charge on any atom is 0.420 e. The zero-order valence-corrected chi connectivity index (χ0v) is 17.0. The fourth-order valence-corrected chi connectivity index (χ4v) is 3.84. The molecule has 2 N–H and O–H groups in total. The number of fused-ring (bicyclic) bond motifs is 1. The molecule has 3 heterocycles. The summed E-state index contributed by atoms with van der Waals surface area (Å²) >= 11 is 0. The molecule has 1 fully saturated rings. The number of aromatic nitrogens is 1. The Hall–Kier alpha value is -3.17. The van der Waals surface area contributed by atoms with E-state index in [1.54, 1.807) is 28.0 Å². The average Bonchev–Trinajstić information content (AvgIpc) is 3.21. The second kappa shape index (κ2) is 8.16. The number of hydrogen-bond donors (Lipinski definition) is 1. The van der Waals surface area contributed by atoms with E-state index in [9.17, 15) is 18.0 Å². The standard InChI is InChI=1S/C21H23F3N4O3/c1-2-19(29)27-6-5-15(12-27)31-14-3-4-18-17(10-14)28(7-8-30-18)13-9-16(21(22,23)24)20(25)26-11-13/h3-4,9-11,15H,2,5-8,12H2,1H3,(H2,25,26). The van der Waals surface area contributed by atoms with Crippen molar-refractivity contribution in [1.82, 2.24) is 9.88 Å². The number of nitrogens with two attached hydrogens (primary N) is 1. The van der Waals surface area contributed by atoms with Gasteiger partial charge in [0.15, 0.2) is 0 Å². The van der Waals surface area contributed by atoms with Crippen LogP contribution in [0.15, 0.2) is 30.5 Å². The Kier molecular flexibility index (Phi) is 5.55. The minimum Gasteiger partial charge on any atom is -0.490 e. The number of rotatable bonds is 4. The van der Waals surface area contributed by atoms with Crippen LogP contribution in [0.5, 0.6) is 11.5 Å². The summed E-state index contributed by atoms with van der Waals surface area (Å²) in [5.74, 6) is 0.629. The van der Waals surface area contributed by atoms with E-state index in [0.29, 0.717) is 49.8 Å². The molecule has 31 heavy (non-hydrogen) atoms. The lowest BCUT2D eigenvalue weighted by molar-refractivity contribution is -0.137. The van der Waals surface area contributed by atoms with E-state index in [2.05, 4.69) is 4.98 Å². The van der Waals surface area contributed by atoms with Gasteiger partial charge in [0.1, 0.15) is 30.0 Å². The summed E-state index contributed by atoms with van der Waals surface area (Å²) in [6, 6.07) is 6.23. The lowest BCUT2D eigenvalue weighted by Crippen LogP contribution is -2.30. The van der Waals surface area contributed by atoms with Crippen molar-refractivity contribution in [3.8, 4) is 11.5 Å². The summed E-state index contributed by atoms with van der Waals surface area (Å²) in [6.45, 7) is 3.65. The third kappa shape index (κ3) is 4.33. The summed E-state index contributed by atoms with van der Waals surface area (Å²) in [5.41, 5.74) is 5.31. The highest BCUT2D eigenvalue weighted by Gasteiger charge is 2.35. The molecule has 1 aromatic carbocycles. The van der Waals surface area contributed by atoms with Crippen LogP contribution in [-0.4, -0.2) is 48.1 Å². The molecule has 2 aliphatic rings. The van der Waals surface area contributed by atoms with Crippen LogP contribution in [0.1, 0.15) is 25.3 Å². The number of pyridine rings is 1. The Bertz CT molecular complexity index is 983. The first kappa shape index (κ1) is 21.1. The number of nitrogens with zero attached hydrogens (tertiary/aromatic N) is 3. The van der Waals surface area contributed by atoms with Crippen molar-refractivity contribution in [3.05, 3.63) is 36.0 Å². The van der Waals surface area contributed by atoms with Crippen LogP contribution in [0.3, 0.4) is 0 Å². The Morgan fingerprint density at radius 3 is 2.87 bits per heavy atom. The number of carbonyl (C=O) groups is 1. The van der Waals surface area contributed by atoms with Crippen molar-refractivity contribution in [2.24, 2.45) is 0 Å². The van der Waals surface area contributed by atoms with E-state index >= 15 is 0 Å². The fraction of sp³-hybridized carbons (Fsp3) is 0.429. The van der Waals surface area contributed by atoms with Crippen LogP contribution in [-0.2, 0) is 11.0 Å². The SMILES string of the molecule is CCC(=O)N1CCC(Oc2ccc3c(c2)N(c2cnc(N)c(C(F)(F)F)c2)CCO3)C1. The van der Waals surface area contributed by atoms with Gasteiger partial charge in [-0.1, -0.05) is 6.92 Å². The molecule has 0 bridgehead atoms. The molecule has 1 aromatic heterocycles. The van der Waals surface area contributed by atoms with Crippen molar-refractivity contribution in [1.29, 1.82) is 0 Å². The normalized spacial score (nSPS) is 18.5. The zero-order chi connectivity index (χ0) is 22.2. The summed E-state index contributed by atoms with van der Waals surface area (Å²) < 4.78 is 51.6. The van der Waals surface area contributed by atoms with Crippen molar-refractivity contribution < 1.29 is 27.4 Å². The lowest BCUT2D eigenvalue weighted by Gasteiger charge is -2.32. The number of anilines is 3. The second-order valence-electron chi connectivity index (χ2n) is 7.48. The summed E-state index contributed by atoms with van der Waals surface area (Å²) in [6.07, 6.45) is -2.25. The first-order valence-electron chi connectivity index (χ1n) is 10.1. The highest BCUT2D eigenvalue weighted by atomic mass is 19.4. The van der Waals surface area contributed by atoms with Crippen LogP contribution in [0.2, 0.25) is 0 Å². The van der Waals surface area contributed by atoms with E-state index in [1.165, 1.54) is 6.20 Å². The molecule has 2 aromatic rings. The van der Waals surface area contributed by atoms with E-state index in [4.69, 9.17) is 15.2 Å². The van der Waals surface area contributed by atoms with Gasteiger partial charge < -0.3 is 25.0 Å². The molecule has 7 nitrogen and oxygen atoms in total. The van der Waals surface area contributed by atoms with Gasteiger partial charge in [-0.2, -0.15) is 13.2 Å². The van der Waals surface area contributed by atoms with Crippen LogP contribution in [0, 0.1) is 0 Å². The number of nitrogen functional groups attached to an aromatic ring is 1. The maximum atomic E-state index is 13.3. The van der Waals surface area contributed by atoms with Crippen LogP contribution >= 0.6 is 0 Å². The third-order valence-electron chi connectivity index (χ3n) is 5.42. The smallest absolute Gasteiger partial charge is 0.420 e. The fourth-order valence-electron chi connectivity index (χ4n) is 3.84. The van der Waals surface area contributed by atoms with E-state index in [-0.39, 0.29) is 17.7 Å². The van der Waals surface area contributed by atoms with Crippen molar-refractivity contribution in [2.45, 2.75) is 32.0 Å². The number of amides is 1. The molecule has 10 heteroatoms. The van der Waals surface area contributed by atoms with Gasteiger partial charge in [0, 0.05) is 25.5 Å². The number of halogens is 3. The second-order valence-corrected chi connectivity index (χ2v) is 7.48. The zero-order valence-electron chi connectivity index (χ0n) is 17.0. The van der Waals surface area contributed by atoms with Crippen LogP contribution in [0.25, 0.3) is 0 Å². The maximum absolute atomic E-state index is 13.3. The van der Waals surface area contributed by atoms with Gasteiger partial charge in [0.05, 0.1) is 36.2 Å². The molecule has 0 aliphatic carbocycles. The topological polar surface area (TPSA) is 80.9 Å². The number of alkyl halides is 3. The summed E-state index contributed by atoms with van der Waals surface area (Å²) in [7, 11) is 0. The molecular weight excluding hydrogens is 413 g/mol. The van der Waals surface area contributed by atoms with Gasteiger partial charge in [-0.05, 0) is 18.2 Å². The summed E-state index contributed by atoms with van der Waals surface area (Å²) in [4.78, 5) is 19.1. The Morgan fingerprint density at radius 2 is 2.13 bits per heavy atom. The van der Waals surface area contributed by atoms with Gasteiger partial charge in [0.2, 0.25) is 5.91 Å². The molecule has 0 spiro atoms. The Morgan fingerprint density at radius 1 is 1.32 bits per heavy atom. The van der Waals surface area contributed by atoms with E-state index in [1.807, 2.05) is 6.92 Å². The minimum absolute atomic E-state index is 0.0902. The molecule has 1 unspecified atom stereocenters. The van der Waals surface area contributed by atoms with Gasteiger partial charge in [-0.15, -0.1) is 0 Å². The molecule has 1 saturated heterocycles. The van der Waals surface area contributed by atoms with Gasteiger partial charge in [-0.3, -0.25) is 4.79 Å². The lowest BCUT2D eigenvalue weighted by atomic mass is 10.1.